The molecule has 0 aliphatic carbocycles. The highest BCUT2D eigenvalue weighted by Gasteiger charge is 2.22. The van der Waals surface area contributed by atoms with Gasteiger partial charge in [-0.3, -0.25) is 9.69 Å². The Kier molecular flexibility index (Phi) is 7.88. The fourth-order valence-corrected chi connectivity index (χ4v) is 3.21. The van der Waals surface area contributed by atoms with Crippen LogP contribution in [0.25, 0.3) is 0 Å². The highest BCUT2D eigenvalue weighted by Crippen LogP contribution is 2.19. The number of likely N-dealkylation sites (tertiary alicyclic amines) is 1. The van der Waals surface area contributed by atoms with Crippen molar-refractivity contribution in [2.45, 2.75) is 38.3 Å². The van der Waals surface area contributed by atoms with E-state index in [-0.39, 0.29) is 11.9 Å². The zero-order valence-electron chi connectivity index (χ0n) is 16.1. The van der Waals surface area contributed by atoms with Crippen molar-refractivity contribution in [3.8, 4) is 0 Å². The van der Waals surface area contributed by atoms with Crippen LogP contribution in [0.2, 0.25) is 0 Å². The topological polar surface area (TPSA) is 44.8 Å². The van der Waals surface area contributed by atoms with Crippen LogP contribution < -0.4 is 5.32 Å². The van der Waals surface area contributed by atoms with Gasteiger partial charge in [-0.1, -0.05) is 29.8 Å². The van der Waals surface area contributed by atoms with Gasteiger partial charge >= 0.3 is 0 Å². The van der Waals surface area contributed by atoms with E-state index in [2.05, 4.69) is 36.3 Å². The molecular weight excluding hydrogens is 314 g/mol. The number of carbonyl (C=O) groups excluding carboxylic acids is 1. The standard InChI is InChI=1S/C20H33N3O2/c1-16-6-8-17(9-7-16)19(22(2)3)20(24)21-12-5-15-25-18-10-13-23(4)14-11-18/h6-9,18-19H,5,10-15H2,1-4H3,(H,21,24)/t19-/m0/s1. The van der Waals surface area contributed by atoms with E-state index >= 15 is 0 Å². The molecule has 1 heterocycles. The molecule has 5 heteroatoms. The Morgan fingerprint density at radius 3 is 2.52 bits per heavy atom. The largest absolute Gasteiger partial charge is 0.378 e. The van der Waals surface area contributed by atoms with Gasteiger partial charge in [-0.25, -0.2) is 0 Å². The Labute approximate surface area is 152 Å². The van der Waals surface area contributed by atoms with Crippen LogP contribution in [0.15, 0.2) is 24.3 Å². The normalized spacial score (nSPS) is 17.6. The fraction of sp³-hybridized carbons (Fsp3) is 0.650. The number of rotatable bonds is 8. The molecule has 1 aliphatic rings. The first kappa shape index (κ1) is 19.9. The van der Waals surface area contributed by atoms with E-state index in [0.717, 1.165) is 37.9 Å². The number of aryl methyl sites for hydroxylation is 1. The number of piperidine rings is 1. The van der Waals surface area contributed by atoms with Gasteiger partial charge in [0.15, 0.2) is 0 Å². The number of ether oxygens (including phenoxy) is 1. The third kappa shape index (κ3) is 6.42. The maximum Gasteiger partial charge on any atom is 0.241 e. The molecule has 1 saturated heterocycles. The molecule has 25 heavy (non-hydrogen) atoms. The summed E-state index contributed by atoms with van der Waals surface area (Å²) in [5.74, 6) is 0.0492. The van der Waals surface area contributed by atoms with Gasteiger partial charge in [0.2, 0.25) is 5.91 Å². The summed E-state index contributed by atoms with van der Waals surface area (Å²) in [6.45, 7) is 5.65. The summed E-state index contributed by atoms with van der Waals surface area (Å²) in [6, 6.07) is 7.91. The van der Waals surface area contributed by atoms with Crippen molar-refractivity contribution >= 4 is 5.91 Å². The van der Waals surface area contributed by atoms with Gasteiger partial charge in [0.1, 0.15) is 6.04 Å². The van der Waals surface area contributed by atoms with Crippen molar-refractivity contribution in [3.63, 3.8) is 0 Å². The number of amides is 1. The Hall–Kier alpha value is -1.43. The SMILES string of the molecule is Cc1ccc([C@@H](C(=O)NCCCOC2CCN(C)CC2)N(C)C)cc1. The van der Waals surface area contributed by atoms with Crippen LogP contribution in [-0.2, 0) is 9.53 Å². The van der Waals surface area contributed by atoms with Gasteiger partial charge < -0.3 is 15.0 Å². The zero-order valence-corrected chi connectivity index (χ0v) is 16.1. The van der Waals surface area contributed by atoms with Gasteiger partial charge in [0.05, 0.1) is 6.10 Å². The number of nitrogens with zero attached hydrogens (tertiary/aromatic N) is 2. The van der Waals surface area contributed by atoms with E-state index in [1.807, 2.05) is 31.1 Å². The van der Waals surface area contributed by atoms with Gasteiger partial charge in [0, 0.05) is 26.2 Å². The van der Waals surface area contributed by atoms with Gasteiger partial charge in [-0.15, -0.1) is 0 Å². The first-order valence-electron chi connectivity index (χ1n) is 9.28. The van der Waals surface area contributed by atoms with Crippen LogP contribution in [-0.4, -0.2) is 69.2 Å². The van der Waals surface area contributed by atoms with Gasteiger partial charge in [-0.2, -0.15) is 0 Å². The first-order valence-corrected chi connectivity index (χ1v) is 9.28. The van der Waals surface area contributed by atoms with E-state index < -0.39 is 0 Å². The molecule has 0 aromatic heterocycles. The Balaban J connectivity index is 1.71. The van der Waals surface area contributed by atoms with Gasteiger partial charge in [-0.05, 0) is 52.9 Å². The lowest BCUT2D eigenvalue weighted by Gasteiger charge is -2.29. The van der Waals surface area contributed by atoms with Crippen molar-refractivity contribution in [1.82, 2.24) is 15.1 Å². The molecule has 1 amide bonds. The summed E-state index contributed by atoms with van der Waals surface area (Å²) in [4.78, 5) is 16.9. The number of carbonyl (C=O) groups is 1. The van der Waals surface area contributed by atoms with E-state index in [0.29, 0.717) is 19.3 Å². The predicted octanol–water partition coefficient (Wildman–Crippen LogP) is 2.21. The molecule has 1 fully saturated rings. The van der Waals surface area contributed by atoms with E-state index in [9.17, 15) is 4.79 Å². The van der Waals surface area contributed by atoms with E-state index in [4.69, 9.17) is 4.74 Å². The second-order valence-electron chi connectivity index (χ2n) is 7.29. The van der Waals surface area contributed by atoms with Crippen LogP contribution in [0.3, 0.4) is 0 Å². The van der Waals surface area contributed by atoms with Crippen molar-refractivity contribution in [3.05, 3.63) is 35.4 Å². The average Bonchev–Trinajstić information content (AvgIpc) is 2.58. The maximum atomic E-state index is 12.6. The quantitative estimate of drug-likeness (QED) is 0.733. The second kappa shape index (κ2) is 9.90. The minimum atomic E-state index is -0.254. The molecule has 1 N–H and O–H groups in total. The third-order valence-electron chi connectivity index (χ3n) is 4.80. The fourth-order valence-electron chi connectivity index (χ4n) is 3.21. The molecule has 5 nitrogen and oxygen atoms in total. The third-order valence-corrected chi connectivity index (χ3v) is 4.80. The van der Waals surface area contributed by atoms with Crippen LogP contribution in [0.4, 0.5) is 0 Å². The summed E-state index contributed by atoms with van der Waals surface area (Å²) in [6.07, 6.45) is 3.46. The van der Waals surface area contributed by atoms with Crippen molar-refractivity contribution in [2.24, 2.45) is 0 Å². The van der Waals surface area contributed by atoms with Crippen molar-refractivity contribution < 1.29 is 9.53 Å². The minimum absolute atomic E-state index is 0.0492. The smallest absolute Gasteiger partial charge is 0.241 e. The lowest BCUT2D eigenvalue weighted by atomic mass is 10.0. The minimum Gasteiger partial charge on any atom is -0.378 e. The lowest BCUT2D eigenvalue weighted by Crippen LogP contribution is -2.38. The molecular formula is C20H33N3O2. The number of nitrogens with one attached hydrogen (secondary N) is 1. The summed E-state index contributed by atoms with van der Waals surface area (Å²) < 4.78 is 5.93. The van der Waals surface area contributed by atoms with Crippen LogP contribution in [0.5, 0.6) is 0 Å². The molecule has 1 atom stereocenters. The summed E-state index contributed by atoms with van der Waals surface area (Å²) in [5.41, 5.74) is 2.23. The lowest BCUT2D eigenvalue weighted by molar-refractivity contribution is -0.125. The molecule has 140 valence electrons. The van der Waals surface area contributed by atoms with E-state index in [1.165, 1.54) is 5.56 Å². The Bertz CT molecular complexity index is 522. The average molecular weight is 348 g/mol. The molecule has 0 spiro atoms. The van der Waals surface area contributed by atoms with Crippen LogP contribution in [0, 0.1) is 6.92 Å². The Morgan fingerprint density at radius 2 is 1.92 bits per heavy atom. The first-order chi connectivity index (χ1) is 12.0. The maximum absolute atomic E-state index is 12.6. The van der Waals surface area contributed by atoms with Crippen LogP contribution >= 0.6 is 0 Å². The number of likely N-dealkylation sites (N-methyl/N-ethyl adjacent to an activating group) is 1. The number of hydrogen-bond acceptors (Lipinski definition) is 4. The highest BCUT2D eigenvalue weighted by molar-refractivity contribution is 5.83. The van der Waals surface area contributed by atoms with E-state index in [1.54, 1.807) is 0 Å². The number of hydrogen-bond donors (Lipinski definition) is 1. The predicted molar refractivity (Wildman–Crippen MR) is 102 cm³/mol. The molecule has 0 radical (unpaired) electrons. The van der Waals surface area contributed by atoms with Crippen LogP contribution in [0.1, 0.15) is 36.4 Å². The van der Waals surface area contributed by atoms with Gasteiger partial charge in [0.25, 0.3) is 0 Å². The molecule has 0 saturated carbocycles. The second-order valence-corrected chi connectivity index (χ2v) is 7.29. The molecule has 1 aliphatic heterocycles. The molecule has 2 rings (SSSR count). The van der Waals surface area contributed by atoms with Crippen molar-refractivity contribution in [2.75, 3.05) is 47.4 Å². The van der Waals surface area contributed by atoms with Crippen molar-refractivity contribution in [1.29, 1.82) is 0 Å². The monoisotopic (exact) mass is 347 g/mol. The molecule has 0 unspecified atom stereocenters. The molecule has 1 aromatic rings. The summed E-state index contributed by atoms with van der Waals surface area (Å²) in [7, 11) is 6.03. The molecule has 0 bridgehead atoms. The highest BCUT2D eigenvalue weighted by atomic mass is 16.5. The summed E-state index contributed by atoms with van der Waals surface area (Å²) in [5, 5.41) is 3.05. The molecule has 1 aromatic carbocycles. The Morgan fingerprint density at radius 1 is 1.28 bits per heavy atom. The number of benzene rings is 1. The zero-order chi connectivity index (χ0) is 18.2. The summed E-state index contributed by atoms with van der Waals surface area (Å²) >= 11 is 0.